The van der Waals surface area contributed by atoms with Crippen LogP contribution in [0.2, 0.25) is 0 Å². The molecule has 0 spiro atoms. The van der Waals surface area contributed by atoms with Crippen molar-refractivity contribution < 1.29 is 4.74 Å². The zero-order chi connectivity index (χ0) is 14.5. The lowest BCUT2D eigenvalue weighted by Crippen LogP contribution is -2.39. The van der Waals surface area contributed by atoms with Crippen LogP contribution >= 0.6 is 15.9 Å². The Morgan fingerprint density at radius 2 is 2.15 bits per heavy atom. The molecule has 1 aliphatic rings. The van der Waals surface area contributed by atoms with Gasteiger partial charge in [0.05, 0.1) is 19.3 Å². The van der Waals surface area contributed by atoms with Crippen LogP contribution in [-0.2, 0) is 0 Å². The van der Waals surface area contributed by atoms with Crippen molar-refractivity contribution in [2.45, 2.75) is 25.8 Å². The predicted molar refractivity (Wildman–Crippen MR) is 87.3 cm³/mol. The molecule has 0 aromatic heterocycles. The lowest BCUT2D eigenvalue weighted by Gasteiger charge is -2.32. The second-order valence-corrected chi connectivity index (χ2v) is 6.11. The number of nitrogens with one attached hydrogen (secondary N) is 1. The number of hydrogen-bond acceptors (Lipinski definition) is 3. The Hall–Kier alpha value is -1.18. The van der Waals surface area contributed by atoms with Crippen molar-refractivity contribution >= 4 is 21.6 Å². The number of aryl methyl sites for hydroxylation is 1. The lowest BCUT2D eigenvalue weighted by molar-refractivity contribution is 0.243. The Kier molecular flexibility index (Phi) is 5.33. The van der Waals surface area contributed by atoms with Gasteiger partial charge in [-0.3, -0.25) is 4.90 Å². The Morgan fingerprint density at radius 3 is 2.75 bits per heavy atom. The number of rotatable bonds is 4. The minimum atomic E-state index is 0.484. The van der Waals surface area contributed by atoms with E-state index < -0.39 is 0 Å². The Balaban J connectivity index is 2.03. The van der Waals surface area contributed by atoms with E-state index in [9.17, 15) is 0 Å². The number of terminal acetylenes is 1. The summed E-state index contributed by atoms with van der Waals surface area (Å²) in [6.45, 7) is 4.97. The van der Waals surface area contributed by atoms with Crippen LogP contribution in [0.3, 0.4) is 0 Å². The van der Waals surface area contributed by atoms with Gasteiger partial charge in [0, 0.05) is 23.6 Å². The summed E-state index contributed by atoms with van der Waals surface area (Å²) in [7, 11) is 1.71. The van der Waals surface area contributed by atoms with E-state index in [-0.39, 0.29) is 0 Å². The van der Waals surface area contributed by atoms with Gasteiger partial charge in [0.15, 0.2) is 0 Å². The van der Waals surface area contributed by atoms with Crippen molar-refractivity contribution in [1.82, 2.24) is 4.90 Å². The van der Waals surface area contributed by atoms with Gasteiger partial charge in [0.2, 0.25) is 0 Å². The molecule has 20 heavy (non-hydrogen) atoms. The Bertz CT molecular complexity index is 502. The van der Waals surface area contributed by atoms with Gasteiger partial charge < -0.3 is 10.1 Å². The van der Waals surface area contributed by atoms with E-state index in [0.717, 1.165) is 48.4 Å². The van der Waals surface area contributed by atoms with Crippen LogP contribution in [0.1, 0.15) is 18.4 Å². The summed E-state index contributed by atoms with van der Waals surface area (Å²) in [5.41, 5.74) is 2.30. The number of likely N-dealkylation sites (tertiary alicyclic amines) is 1. The largest absolute Gasteiger partial charge is 0.495 e. The molecule has 0 atom stereocenters. The van der Waals surface area contributed by atoms with Crippen LogP contribution in [0.25, 0.3) is 0 Å². The molecule has 0 amide bonds. The number of halogens is 1. The van der Waals surface area contributed by atoms with Crippen LogP contribution in [0.15, 0.2) is 16.6 Å². The van der Waals surface area contributed by atoms with Gasteiger partial charge in [0.25, 0.3) is 0 Å². The molecule has 1 heterocycles. The van der Waals surface area contributed by atoms with Crippen LogP contribution in [0.4, 0.5) is 5.69 Å². The highest BCUT2D eigenvalue weighted by molar-refractivity contribution is 9.10. The van der Waals surface area contributed by atoms with Gasteiger partial charge >= 0.3 is 0 Å². The molecule has 0 bridgehead atoms. The number of piperidine rings is 1. The van der Waals surface area contributed by atoms with Gasteiger partial charge in [-0.05, 0) is 37.5 Å². The standard InChI is InChI=1S/C16H21BrN2O/c1-4-7-19-8-5-14(6-9-19)18-16-12(2)10-13(17)11-15(16)20-3/h1,10-11,14,18H,5-9H2,2-3H3. The van der Waals surface area contributed by atoms with Crippen LogP contribution in [0.5, 0.6) is 5.75 Å². The third kappa shape index (κ3) is 3.68. The molecule has 3 nitrogen and oxygen atoms in total. The summed E-state index contributed by atoms with van der Waals surface area (Å²) >= 11 is 3.51. The van der Waals surface area contributed by atoms with E-state index in [2.05, 4.69) is 45.1 Å². The average molecular weight is 337 g/mol. The van der Waals surface area contributed by atoms with Crippen molar-refractivity contribution in [2.75, 3.05) is 32.1 Å². The Morgan fingerprint density at radius 1 is 1.45 bits per heavy atom. The zero-order valence-electron chi connectivity index (χ0n) is 12.1. The lowest BCUT2D eigenvalue weighted by atomic mass is 10.0. The third-order valence-corrected chi connectivity index (χ3v) is 4.19. The summed E-state index contributed by atoms with van der Waals surface area (Å²) in [5, 5.41) is 3.63. The fourth-order valence-electron chi connectivity index (χ4n) is 2.63. The topological polar surface area (TPSA) is 24.5 Å². The molecule has 1 N–H and O–H groups in total. The molecule has 0 unspecified atom stereocenters. The van der Waals surface area contributed by atoms with Crippen molar-refractivity contribution in [3.8, 4) is 18.1 Å². The quantitative estimate of drug-likeness (QED) is 0.854. The molecular weight excluding hydrogens is 316 g/mol. The summed E-state index contributed by atoms with van der Waals surface area (Å²) in [6.07, 6.45) is 7.58. The average Bonchev–Trinajstić information content (AvgIpc) is 2.43. The number of methoxy groups -OCH3 is 1. The molecule has 0 radical (unpaired) electrons. The molecule has 108 valence electrons. The highest BCUT2D eigenvalue weighted by Crippen LogP contribution is 2.33. The number of ether oxygens (including phenoxy) is 1. The molecule has 4 heteroatoms. The zero-order valence-corrected chi connectivity index (χ0v) is 13.7. The normalized spacial score (nSPS) is 16.7. The highest BCUT2D eigenvalue weighted by atomic mass is 79.9. The summed E-state index contributed by atoms with van der Waals surface area (Å²) in [4.78, 5) is 2.32. The first-order chi connectivity index (χ1) is 9.63. The predicted octanol–water partition coefficient (Wildman–Crippen LogP) is 3.28. The second kappa shape index (κ2) is 7.01. The highest BCUT2D eigenvalue weighted by Gasteiger charge is 2.20. The first-order valence-electron chi connectivity index (χ1n) is 6.90. The van der Waals surface area contributed by atoms with Crippen molar-refractivity contribution in [1.29, 1.82) is 0 Å². The van der Waals surface area contributed by atoms with E-state index in [1.165, 1.54) is 5.56 Å². The molecule has 1 saturated heterocycles. The van der Waals surface area contributed by atoms with Crippen LogP contribution in [0, 0.1) is 19.3 Å². The Labute approximate surface area is 129 Å². The molecule has 1 aromatic rings. The fraction of sp³-hybridized carbons (Fsp3) is 0.500. The first-order valence-corrected chi connectivity index (χ1v) is 7.70. The minimum absolute atomic E-state index is 0.484. The van der Waals surface area contributed by atoms with E-state index in [0.29, 0.717) is 6.04 Å². The van der Waals surface area contributed by atoms with Gasteiger partial charge in [0.1, 0.15) is 5.75 Å². The monoisotopic (exact) mass is 336 g/mol. The maximum absolute atomic E-state index is 5.48. The fourth-order valence-corrected chi connectivity index (χ4v) is 3.18. The minimum Gasteiger partial charge on any atom is -0.495 e. The second-order valence-electron chi connectivity index (χ2n) is 5.20. The number of benzene rings is 1. The molecule has 1 aliphatic heterocycles. The van der Waals surface area contributed by atoms with Gasteiger partial charge in [-0.2, -0.15) is 0 Å². The van der Waals surface area contributed by atoms with Gasteiger partial charge in [-0.15, -0.1) is 6.42 Å². The van der Waals surface area contributed by atoms with Gasteiger partial charge in [-0.25, -0.2) is 0 Å². The van der Waals surface area contributed by atoms with Crippen LogP contribution in [-0.4, -0.2) is 37.7 Å². The van der Waals surface area contributed by atoms with Crippen molar-refractivity contribution in [2.24, 2.45) is 0 Å². The molecule has 0 saturated carbocycles. The summed E-state index contributed by atoms with van der Waals surface area (Å²) in [6, 6.07) is 4.60. The number of nitrogens with zero attached hydrogens (tertiary/aromatic N) is 1. The molecule has 1 aromatic carbocycles. The molecule has 2 rings (SSSR count). The maximum Gasteiger partial charge on any atom is 0.143 e. The van der Waals surface area contributed by atoms with E-state index in [4.69, 9.17) is 11.2 Å². The third-order valence-electron chi connectivity index (χ3n) is 3.73. The van der Waals surface area contributed by atoms with Crippen LogP contribution < -0.4 is 10.1 Å². The maximum atomic E-state index is 5.48. The van der Waals surface area contributed by atoms with Gasteiger partial charge in [-0.1, -0.05) is 21.9 Å². The molecule has 1 fully saturated rings. The van der Waals surface area contributed by atoms with E-state index in [1.54, 1.807) is 7.11 Å². The smallest absolute Gasteiger partial charge is 0.143 e. The van der Waals surface area contributed by atoms with E-state index in [1.807, 2.05) is 6.07 Å². The number of hydrogen-bond donors (Lipinski definition) is 1. The van der Waals surface area contributed by atoms with E-state index >= 15 is 0 Å². The van der Waals surface area contributed by atoms with Crippen molar-refractivity contribution in [3.63, 3.8) is 0 Å². The number of anilines is 1. The summed E-state index contributed by atoms with van der Waals surface area (Å²) < 4.78 is 6.52. The summed E-state index contributed by atoms with van der Waals surface area (Å²) in [5.74, 6) is 3.61. The SMILES string of the molecule is C#CCN1CCC(Nc2c(C)cc(Br)cc2OC)CC1. The first kappa shape index (κ1) is 15.2. The van der Waals surface area contributed by atoms with Crippen molar-refractivity contribution in [3.05, 3.63) is 22.2 Å². The molecule has 0 aliphatic carbocycles. The molecular formula is C16H21BrN2O.